The van der Waals surface area contributed by atoms with Gasteiger partial charge in [-0.3, -0.25) is 0 Å². The second-order valence-corrected chi connectivity index (χ2v) is 7.11. The maximum atomic E-state index is 13.5. The van der Waals surface area contributed by atoms with Gasteiger partial charge in [-0.25, -0.2) is 12.8 Å². The lowest BCUT2D eigenvalue weighted by Gasteiger charge is -2.36. The number of hydrogen-bond acceptors (Lipinski definition) is 5. The molecule has 1 unspecified atom stereocenters. The van der Waals surface area contributed by atoms with Crippen LogP contribution in [0.25, 0.3) is 0 Å². The number of alkyl halides is 2. The van der Waals surface area contributed by atoms with Gasteiger partial charge in [0.1, 0.15) is 0 Å². The monoisotopic (exact) mass is 324 g/mol. The van der Waals surface area contributed by atoms with E-state index in [1.807, 2.05) is 0 Å². The van der Waals surface area contributed by atoms with Gasteiger partial charge in [0.05, 0.1) is 22.9 Å². The van der Waals surface area contributed by atoms with Crippen molar-refractivity contribution in [2.75, 3.05) is 28.7 Å². The van der Waals surface area contributed by atoms with Crippen LogP contribution in [-0.4, -0.2) is 39.1 Å². The lowest BCUT2D eigenvalue weighted by Crippen LogP contribution is -2.47. The second kappa shape index (κ2) is 5.63. The smallest absolute Gasteiger partial charge is 0.387 e. The van der Waals surface area contributed by atoms with E-state index in [1.165, 1.54) is 0 Å². The van der Waals surface area contributed by atoms with Crippen molar-refractivity contribution in [1.82, 2.24) is 0 Å². The fourth-order valence-corrected chi connectivity index (χ4v) is 3.91. The Balaban J connectivity index is 2.35. The lowest BCUT2D eigenvalue weighted by molar-refractivity contribution is -0.0521. The zero-order chi connectivity index (χ0) is 15.8. The zero-order valence-electron chi connectivity index (χ0n) is 11.2. The number of sulfone groups is 1. The number of hydrogen-bond donors (Lipinski definition) is 1. The maximum Gasteiger partial charge on any atom is 0.387 e. The number of ether oxygens (including phenoxy) is 1. The number of nitrogens with two attached hydrogens (primary N) is 1. The minimum absolute atomic E-state index is 0.0419. The van der Waals surface area contributed by atoms with Crippen LogP contribution in [-0.2, 0) is 9.84 Å². The van der Waals surface area contributed by atoms with Crippen LogP contribution < -0.4 is 15.4 Å². The van der Waals surface area contributed by atoms with Gasteiger partial charge in [0.2, 0.25) is 0 Å². The van der Waals surface area contributed by atoms with E-state index in [-0.39, 0.29) is 29.4 Å². The van der Waals surface area contributed by atoms with Crippen molar-refractivity contribution in [2.45, 2.75) is 19.6 Å². The van der Waals surface area contributed by atoms with Crippen molar-refractivity contribution in [1.29, 1.82) is 0 Å². The van der Waals surface area contributed by atoms with Gasteiger partial charge in [-0.15, -0.1) is 0 Å². The molecule has 0 saturated carbocycles. The Morgan fingerprint density at radius 1 is 1.43 bits per heavy atom. The van der Waals surface area contributed by atoms with Crippen LogP contribution in [0.1, 0.15) is 6.92 Å². The second-order valence-electron chi connectivity index (χ2n) is 4.88. The molecule has 1 fully saturated rings. The van der Waals surface area contributed by atoms with Crippen LogP contribution >= 0.6 is 0 Å². The molecule has 0 spiro atoms. The Labute approximate surface area is 120 Å². The van der Waals surface area contributed by atoms with Gasteiger partial charge in [-0.2, -0.15) is 8.78 Å². The van der Waals surface area contributed by atoms with Crippen LogP contribution in [0, 0.1) is 5.82 Å². The highest BCUT2D eigenvalue weighted by Crippen LogP contribution is 2.34. The molecule has 0 aromatic heterocycles. The van der Waals surface area contributed by atoms with E-state index in [1.54, 1.807) is 11.8 Å². The third kappa shape index (κ3) is 3.52. The van der Waals surface area contributed by atoms with Crippen molar-refractivity contribution >= 4 is 21.2 Å². The van der Waals surface area contributed by atoms with Crippen molar-refractivity contribution < 1.29 is 26.3 Å². The molecule has 1 heterocycles. The predicted molar refractivity (Wildman–Crippen MR) is 72.9 cm³/mol. The molecule has 2 rings (SSSR count). The summed E-state index contributed by atoms with van der Waals surface area (Å²) in [5.74, 6) is -1.75. The molecule has 9 heteroatoms. The van der Waals surface area contributed by atoms with Crippen LogP contribution in [0.3, 0.4) is 0 Å². The predicted octanol–water partition coefficient (Wildman–Crippen LogP) is 1.63. The molecule has 1 atom stereocenters. The Hall–Kier alpha value is -1.64. The third-order valence-corrected chi connectivity index (χ3v) is 5.07. The topological polar surface area (TPSA) is 72.6 Å². The molecule has 2 N–H and O–H groups in total. The molecule has 118 valence electrons. The summed E-state index contributed by atoms with van der Waals surface area (Å²) in [5.41, 5.74) is 6.04. The Bertz CT molecular complexity index is 637. The third-order valence-electron chi connectivity index (χ3n) is 3.28. The molecule has 1 aromatic carbocycles. The molecule has 1 aliphatic rings. The molecule has 0 amide bonds. The quantitative estimate of drug-likeness (QED) is 0.856. The first-order valence-corrected chi connectivity index (χ1v) is 8.02. The number of anilines is 2. The summed E-state index contributed by atoms with van der Waals surface area (Å²) in [6.07, 6.45) is 0. The van der Waals surface area contributed by atoms with Crippen LogP contribution in [0.4, 0.5) is 24.5 Å². The number of rotatable bonds is 3. The van der Waals surface area contributed by atoms with Crippen LogP contribution in [0.15, 0.2) is 12.1 Å². The average molecular weight is 324 g/mol. The molecule has 0 radical (unpaired) electrons. The average Bonchev–Trinajstić information content (AvgIpc) is 2.32. The molecular weight excluding hydrogens is 309 g/mol. The first kappa shape index (κ1) is 15.7. The zero-order valence-corrected chi connectivity index (χ0v) is 12.0. The van der Waals surface area contributed by atoms with Crippen molar-refractivity contribution in [3.63, 3.8) is 0 Å². The highest BCUT2D eigenvalue weighted by Gasteiger charge is 2.30. The molecule has 1 saturated heterocycles. The fourth-order valence-electron chi connectivity index (χ4n) is 2.35. The maximum absolute atomic E-state index is 13.5. The lowest BCUT2D eigenvalue weighted by atomic mass is 10.2. The molecule has 21 heavy (non-hydrogen) atoms. The van der Waals surface area contributed by atoms with Crippen molar-refractivity contribution in [2.24, 2.45) is 0 Å². The first-order valence-electron chi connectivity index (χ1n) is 6.20. The van der Waals surface area contributed by atoms with Crippen molar-refractivity contribution in [3.05, 3.63) is 17.9 Å². The van der Waals surface area contributed by atoms with Gasteiger partial charge in [-0.05, 0) is 6.92 Å². The minimum Gasteiger partial charge on any atom is -0.432 e. The Morgan fingerprint density at radius 3 is 2.67 bits per heavy atom. The number of halogens is 3. The molecule has 0 bridgehead atoms. The standard InChI is InChI=1S/C12H15F3N2O3S/c1-7-6-21(18,19)3-2-17(7)10-5-11(20-12(14)15)8(13)4-9(10)16/h4-5,7,12H,2-3,6,16H2,1H3. The Kier molecular flexibility index (Phi) is 4.22. The Morgan fingerprint density at radius 2 is 2.10 bits per heavy atom. The van der Waals surface area contributed by atoms with Crippen molar-refractivity contribution in [3.8, 4) is 5.75 Å². The van der Waals surface area contributed by atoms with E-state index in [9.17, 15) is 21.6 Å². The summed E-state index contributed by atoms with van der Waals surface area (Å²) in [5, 5.41) is 0. The highest BCUT2D eigenvalue weighted by atomic mass is 32.2. The van der Waals surface area contributed by atoms with Gasteiger partial charge < -0.3 is 15.4 Å². The summed E-state index contributed by atoms with van der Waals surface area (Å²) >= 11 is 0. The molecular formula is C12H15F3N2O3S. The normalized spacial score (nSPS) is 21.6. The summed E-state index contributed by atoms with van der Waals surface area (Å²) in [7, 11) is -3.13. The summed E-state index contributed by atoms with van der Waals surface area (Å²) in [6.45, 7) is -1.32. The summed E-state index contributed by atoms with van der Waals surface area (Å²) < 4.78 is 65.2. The minimum atomic E-state index is -3.16. The van der Waals surface area contributed by atoms with E-state index >= 15 is 0 Å². The molecule has 1 aliphatic heterocycles. The van der Waals surface area contributed by atoms with E-state index in [2.05, 4.69) is 4.74 Å². The van der Waals surface area contributed by atoms with Gasteiger partial charge in [0.25, 0.3) is 0 Å². The van der Waals surface area contributed by atoms with E-state index in [0.717, 1.165) is 12.1 Å². The van der Waals surface area contributed by atoms with E-state index in [0.29, 0.717) is 0 Å². The van der Waals surface area contributed by atoms with Gasteiger partial charge in [0, 0.05) is 24.7 Å². The highest BCUT2D eigenvalue weighted by molar-refractivity contribution is 7.91. The fraction of sp³-hybridized carbons (Fsp3) is 0.500. The SMILES string of the molecule is CC1CS(=O)(=O)CCN1c1cc(OC(F)F)c(F)cc1N. The first-order chi connectivity index (χ1) is 9.69. The van der Waals surface area contributed by atoms with Crippen LogP contribution in [0.2, 0.25) is 0 Å². The van der Waals surface area contributed by atoms with Gasteiger partial charge in [0.15, 0.2) is 21.4 Å². The molecule has 1 aromatic rings. The van der Waals surface area contributed by atoms with Crippen LogP contribution in [0.5, 0.6) is 5.75 Å². The van der Waals surface area contributed by atoms with Gasteiger partial charge in [-0.1, -0.05) is 0 Å². The summed E-state index contributed by atoms with van der Waals surface area (Å²) in [6, 6.07) is 1.57. The number of nitrogen functional groups attached to an aromatic ring is 1. The largest absolute Gasteiger partial charge is 0.432 e. The number of nitrogens with zero attached hydrogens (tertiary/aromatic N) is 1. The van der Waals surface area contributed by atoms with E-state index < -0.39 is 34.1 Å². The van der Waals surface area contributed by atoms with Gasteiger partial charge >= 0.3 is 6.61 Å². The summed E-state index contributed by atoms with van der Waals surface area (Å²) in [4.78, 5) is 1.65. The number of benzene rings is 1. The van der Waals surface area contributed by atoms with E-state index in [4.69, 9.17) is 5.73 Å². The molecule has 5 nitrogen and oxygen atoms in total. The molecule has 0 aliphatic carbocycles.